The molecule has 1 aromatic carbocycles. The molecule has 1 saturated heterocycles. The van der Waals surface area contributed by atoms with Crippen molar-refractivity contribution in [1.82, 2.24) is 9.62 Å². The summed E-state index contributed by atoms with van der Waals surface area (Å²) in [7, 11) is -3.50. The highest BCUT2D eigenvalue weighted by Gasteiger charge is 2.27. The minimum Gasteiger partial charge on any atom is -0.374 e. The van der Waals surface area contributed by atoms with E-state index in [0.29, 0.717) is 23.7 Å². The van der Waals surface area contributed by atoms with Gasteiger partial charge in [-0.3, -0.25) is 4.79 Å². The number of carbonyl (C=O) groups excluding carboxylic acids is 1. The second kappa shape index (κ2) is 8.19. The van der Waals surface area contributed by atoms with E-state index in [0.717, 1.165) is 24.8 Å². The van der Waals surface area contributed by atoms with Crippen LogP contribution in [0.15, 0.2) is 23.1 Å². The normalized spacial score (nSPS) is 17.3. The first-order valence-corrected chi connectivity index (χ1v) is 10.3. The number of anilines is 1. The summed E-state index contributed by atoms with van der Waals surface area (Å²) in [4.78, 5) is 12.4. The van der Waals surface area contributed by atoms with Gasteiger partial charge >= 0.3 is 0 Å². The van der Waals surface area contributed by atoms with Crippen LogP contribution < -0.4 is 10.6 Å². The molecule has 6 nitrogen and oxygen atoms in total. The van der Waals surface area contributed by atoms with Gasteiger partial charge in [0.15, 0.2) is 0 Å². The molecular formula is C18H29N3O3S. The van der Waals surface area contributed by atoms with E-state index >= 15 is 0 Å². The number of hydrogen-bond donors (Lipinski definition) is 2. The van der Waals surface area contributed by atoms with Gasteiger partial charge in [-0.15, -0.1) is 0 Å². The van der Waals surface area contributed by atoms with Gasteiger partial charge in [-0.25, -0.2) is 8.42 Å². The van der Waals surface area contributed by atoms with Crippen LogP contribution >= 0.6 is 0 Å². The summed E-state index contributed by atoms with van der Waals surface area (Å²) >= 11 is 0. The Kier molecular flexibility index (Phi) is 6.46. The Labute approximate surface area is 151 Å². The van der Waals surface area contributed by atoms with Crippen LogP contribution in [-0.2, 0) is 14.8 Å². The zero-order valence-corrected chi connectivity index (χ0v) is 16.3. The highest BCUT2D eigenvalue weighted by molar-refractivity contribution is 7.89. The number of benzene rings is 1. The van der Waals surface area contributed by atoms with Gasteiger partial charge in [-0.1, -0.05) is 12.5 Å². The highest BCUT2D eigenvalue weighted by Crippen LogP contribution is 2.26. The molecule has 0 aromatic heterocycles. The van der Waals surface area contributed by atoms with E-state index in [-0.39, 0.29) is 11.9 Å². The number of rotatable bonds is 6. The van der Waals surface area contributed by atoms with E-state index in [1.54, 1.807) is 30.3 Å². The van der Waals surface area contributed by atoms with Crippen molar-refractivity contribution in [3.05, 3.63) is 23.8 Å². The molecule has 0 radical (unpaired) electrons. The van der Waals surface area contributed by atoms with Gasteiger partial charge in [0.2, 0.25) is 15.9 Å². The summed E-state index contributed by atoms with van der Waals surface area (Å²) in [6, 6.07) is 4.84. The fraction of sp³-hybridized carbons (Fsp3) is 0.611. The Morgan fingerprint density at radius 2 is 1.76 bits per heavy atom. The number of piperidine rings is 1. The fourth-order valence-corrected chi connectivity index (χ4v) is 4.71. The lowest BCUT2D eigenvalue weighted by Gasteiger charge is -2.27. The molecule has 0 spiro atoms. The van der Waals surface area contributed by atoms with Crippen molar-refractivity contribution >= 4 is 21.6 Å². The van der Waals surface area contributed by atoms with Crippen molar-refractivity contribution in [2.45, 2.75) is 63.9 Å². The Bertz CT molecular complexity index is 710. The fourth-order valence-electron chi connectivity index (χ4n) is 2.94. The summed E-state index contributed by atoms with van der Waals surface area (Å²) in [5.74, 6) is -0.115. The average Bonchev–Trinajstić information content (AvgIpc) is 2.56. The number of amides is 1. The van der Waals surface area contributed by atoms with Gasteiger partial charge in [0.1, 0.15) is 6.04 Å². The molecule has 0 aliphatic carbocycles. The van der Waals surface area contributed by atoms with Gasteiger partial charge < -0.3 is 10.6 Å². The number of sulfonamides is 1. The minimum atomic E-state index is -3.50. The third-order valence-corrected chi connectivity index (χ3v) is 6.37. The van der Waals surface area contributed by atoms with Crippen molar-refractivity contribution < 1.29 is 13.2 Å². The minimum absolute atomic E-state index is 0.0600. The quantitative estimate of drug-likeness (QED) is 0.810. The van der Waals surface area contributed by atoms with Crippen LogP contribution in [0.4, 0.5) is 5.69 Å². The van der Waals surface area contributed by atoms with E-state index in [4.69, 9.17) is 0 Å². The molecule has 0 saturated carbocycles. The lowest BCUT2D eigenvalue weighted by atomic mass is 10.2. The first-order valence-electron chi connectivity index (χ1n) is 8.89. The zero-order chi connectivity index (χ0) is 18.6. The zero-order valence-electron chi connectivity index (χ0n) is 15.5. The molecule has 1 aromatic rings. The third kappa shape index (κ3) is 4.95. The molecule has 1 heterocycles. The molecule has 1 aliphatic rings. The first-order chi connectivity index (χ1) is 11.7. The van der Waals surface area contributed by atoms with Crippen LogP contribution in [0.2, 0.25) is 0 Å². The summed E-state index contributed by atoms with van der Waals surface area (Å²) in [5, 5.41) is 5.94. The largest absolute Gasteiger partial charge is 0.374 e. The maximum Gasteiger partial charge on any atom is 0.243 e. The molecule has 0 bridgehead atoms. The standard InChI is InChI=1S/C18H29N3O3S/c1-13(2)19-18(22)15(4)20-16-9-8-14(3)17(12-16)25(23,24)21-10-6-5-7-11-21/h8-9,12-13,15,20H,5-7,10-11H2,1-4H3,(H,19,22)/t15-/m0/s1. The van der Waals surface area contributed by atoms with Gasteiger partial charge in [0, 0.05) is 24.8 Å². The Balaban J connectivity index is 2.21. The molecule has 1 atom stereocenters. The van der Waals surface area contributed by atoms with Crippen LogP contribution in [0, 0.1) is 6.92 Å². The van der Waals surface area contributed by atoms with Crippen molar-refractivity contribution in [2.75, 3.05) is 18.4 Å². The monoisotopic (exact) mass is 367 g/mol. The second-order valence-corrected chi connectivity index (χ2v) is 8.88. The molecule has 0 unspecified atom stereocenters. The summed E-state index contributed by atoms with van der Waals surface area (Å²) in [6.07, 6.45) is 2.89. The van der Waals surface area contributed by atoms with Crippen molar-refractivity contribution in [3.8, 4) is 0 Å². The topological polar surface area (TPSA) is 78.5 Å². The SMILES string of the molecule is Cc1ccc(N[C@@H](C)C(=O)NC(C)C)cc1S(=O)(=O)N1CCCCC1. The molecule has 140 valence electrons. The molecular weight excluding hydrogens is 338 g/mol. The Hall–Kier alpha value is -1.60. The number of hydrogen-bond acceptors (Lipinski definition) is 4. The van der Waals surface area contributed by atoms with Crippen LogP contribution in [-0.4, -0.2) is 43.8 Å². The summed E-state index contributed by atoms with van der Waals surface area (Å²) in [6.45, 7) is 8.52. The molecule has 1 amide bonds. The van der Waals surface area contributed by atoms with E-state index in [9.17, 15) is 13.2 Å². The molecule has 1 aliphatic heterocycles. The van der Waals surface area contributed by atoms with Crippen LogP contribution in [0.25, 0.3) is 0 Å². The van der Waals surface area contributed by atoms with Crippen LogP contribution in [0.1, 0.15) is 45.6 Å². The van der Waals surface area contributed by atoms with Gasteiger partial charge in [-0.05, 0) is 58.2 Å². The predicted octanol–water partition coefficient (Wildman–Crippen LogP) is 2.49. The summed E-state index contributed by atoms with van der Waals surface area (Å²) < 4.78 is 27.5. The van der Waals surface area contributed by atoms with Crippen LogP contribution in [0.3, 0.4) is 0 Å². The predicted molar refractivity (Wildman–Crippen MR) is 100 cm³/mol. The lowest BCUT2D eigenvalue weighted by Crippen LogP contribution is -2.41. The molecule has 7 heteroatoms. The van der Waals surface area contributed by atoms with Gasteiger partial charge in [0.25, 0.3) is 0 Å². The maximum absolute atomic E-state index is 12.9. The van der Waals surface area contributed by atoms with E-state index < -0.39 is 16.1 Å². The van der Waals surface area contributed by atoms with Gasteiger partial charge in [0.05, 0.1) is 4.90 Å². The van der Waals surface area contributed by atoms with Crippen molar-refractivity contribution in [2.24, 2.45) is 0 Å². The second-order valence-electron chi connectivity index (χ2n) is 6.97. The van der Waals surface area contributed by atoms with Crippen molar-refractivity contribution in [1.29, 1.82) is 0 Å². The van der Waals surface area contributed by atoms with E-state index in [1.165, 1.54) is 0 Å². The molecule has 2 N–H and O–H groups in total. The Morgan fingerprint density at radius 3 is 2.36 bits per heavy atom. The number of nitrogens with one attached hydrogen (secondary N) is 2. The molecule has 2 rings (SSSR count). The smallest absolute Gasteiger partial charge is 0.243 e. The number of carbonyl (C=O) groups is 1. The number of nitrogens with zero attached hydrogens (tertiary/aromatic N) is 1. The highest BCUT2D eigenvalue weighted by atomic mass is 32.2. The molecule has 25 heavy (non-hydrogen) atoms. The van der Waals surface area contributed by atoms with Crippen LogP contribution in [0.5, 0.6) is 0 Å². The third-order valence-electron chi connectivity index (χ3n) is 4.33. The average molecular weight is 368 g/mol. The first kappa shape index (κ1) is 19.7. The van der Waals surface area contributed by atoms with E-state index in [1.807, 2.05) is 19.9 Å². The van der Waals surface area contributed by atoms with Crippen molar-refractivity contribution in [3.63, 3.8) is 0 Å². The maximum atomic E-state index is 12.9. The summed E-state index contributed by atoms with van der Waals surface area (Å²) in [5.41, 5.74) is 1.35. The van der Waals surface area contributed by atoms with E-state index in [2.05, 4.69) is 10.6 Å². The van der Waals surface area contributed by atoms with Gasteiger partial charge in [-0.2, -0.15) is 4.31 Å². The number of aryl methyl sites for hydroxylation is 1. The lowest BCUT2D eigenvalue weighted by molar-refractivity contribution is -0.122. The molecule has 1 fully saturated rings. The Morgan fingerprint density at radius 1 is 1.12 bits per heavy atom.